The molecule has 6 nitrogen and oxygen atoms in total. The first-order valence-corrected chi connectivity index (χ1v) is 6.61. The highest BCUT2D eigenvalue weighted by Gasteiger charge is 2.26. The number of carbonyl (C=O) groups is 1. The highest BCUT2D eigenvalue weighted by Crippen LogP contribution is 2.12. The van der Waals surface area contributed by atoms with Crippen molar-refractivity contribution in [3.63, 3.8) is 0 Å². The van der Waals surface area contributed by atoms with Gasteiger partial charge in [0, 0.05) is 18.5 Å². The van der Waals surface area contributed by atoms with Gasteiger partial charge >= 0.3 is 5.97 Å². The van der Waals surface area contributed by atoms with Crippen LogP contribution in [0.4, 0.5) is 0 Å². The fourth-order valence-electron chi connectivity index (χ4n) is 1.81. The predicted molar refractivity (Wildman–Crippen MR) is 74.5 cm³/mol. The number of carbonyl (C=O) groups excluding carboxylic acids is 1. The number of unbranched alkanes of at least 4 members (excludes halogenated alkanes) is 2. The van der Waals surface area contributed by atoms with E-state index < -0.39 is 6.04 Å². The van der Waals surface area contributed by atoms with Crippen molar-refractivity contribution in [1.29, 1.82) is 0 Å². The summed E-state index contributed by atoms with van der Waals surface area (Å²) in [5.74, 6) is 5.51. The summed E-state index contributed by atoms with van der Waals surface area (Å²) in [7, 11) is 1.34. The van der Waals surface area contributed by atoms with Gasteiger partial charge in [-0.25, -0.2) is 10.6 Å². The minimum atomic E-state index is -0.541. The zero-order valence-corrected chi connectivity index (χ0v) is 12.1. The van der Waals surface area contributed by atoms with E-state index in [-0.39, 0.29) is 18.5 Å². The van der Waals surface area contributed by atoms with Gasteiger partial charge in [-0.2, -0.15) is 0 Å². The Morgan fingerprint density at radius 2 is 2.00 bits per heavy atom. The van der Waals surface area contributed by atoms with Gasteiger partial charge in [0.25, 0.3) is 0 Å². The van der Waals surface area contributed by atoms with Gasteiger partial charge in [0.05, 0.1) is 7.11 Å². The van der Waals surface area contributed by atoms with Crippen molar-refractivity contribution in [2.45, 2.75) is 45.6 Å². The van der Waals surface area contributed by atoms with E-state index in [1.165, 1.54) is 12.1 Å². The normalized spacial score (nSPS) is 13.5. The molecule has 0 aliphatic rings. The number of hydrazine groups is 1. The van der Waals surface area contributed by atoms with Crippen molar-refractivity contribution in [2.24, 2.45) is 17.5 Å². The van der Waals surface area contributed by atoms with Crippen LogP contribution in [-0.2, 0) is 9.53 Å². The Bertz CT molecular complexity index is 293. The van der Waals surface area contributed by atoms with Gasteiger partial charge in [-0.05, 0) is 25.2 Å². The quantitative estimate of drug-likeness (QED) is 0.247. The molecule has 0 aromatic heterocycles. The second kappa shape index (κ2) is 9.63. The van der Waals surface area contributed by atoms with Gasteiger partial charge in [0.1, 0.15) is 6.04 Å². The average molecular weight is 273 g/mol. The Morgan fingerprint density at radius 3 is 2.47 bits per heavy atom. The van der Waals surface area contributed by atoms with E-state index in [2.05, 4.69) is 0 Å². The molecule has 112 valence electrons. The zero-order chi connectivity index (χ0) is 14.8. The van der Waals surface area contributed by atoms with E-state index in [0.29, 0.717) is 12.1 Å². The maximum absolute atomic E-state index is 11.6. The highest BCUT2D eigenvalue weighted by molar-refractivity contribution is 5.76. The molecule has 0 fully saturated rings. The number of hydrogen-bond donors (Lipinski definition) is 3. The summed E-state index contributed by atoms with van der Waals surface area (Å²) >= 11 is 0. The van der Waals surface area contributed by atoms with Crippen LogP contribution in [-0.4, -0.2) is 35.8 Å². The smallest absolute Gasteiger partial charge is 0.330 e. The standard InChI is InChI=1S/C13H27N3O3/c1-10(2)12(13(18)19-3)16(15)9-11(14)7-5-4-6-8-17/h9-10,12,17H,4-8,14-15H2,1-3H3/b11-9-. The van der Waals surface area contributed by atoms with Crippen molar-refractivity contribution in [1.82, 2.24) is 5.01 Å². The number of esters is 1. The van der Waals surface area contributed by atoms with Gasteiger partial charge in [0.2, 0.25) is 0 Å². The third-order valence-electron chi connectivity index (χ3n) is 2.83. The first-order valence-electron chi connectivity index (χ1n) is 6.61. The molecule has 0 aliphatic carbocycles. The molecule has 0 saturated heterocycles. The number of aliphatic hydroxyl groups excluding tert-OH is 1. The predicted octanol–water partition coefficient (Wildman–Crippen LogP) is 0.713. The number of nitrogens with two attached hydrogens (primary N) is 2. The molecule has 1 atom stereocenters. The molecular formula is C13H27N3O3. The number of rotatable bonds is 9. The number of methoxy groups -OCH3 is 1. The second-order valence-electron chi connectivity index (χ2n) is 4.90. The summed E-state index contributed by atoms with van der Waals surface area (Å²) in [6.45, 7) is 3.99. The molecule has 1 unspecified atom stereocenters. The van der Waals surface area contributed by atoms with Crippen LogP contribution in [0.3, 0.4) is 0 Å². The third kappa shape index (κ3) is 7.03. The van der Waals surface area contributed by atoms with E-state index in [1.807, 2.05) is 13.8 Å². The molecule has 0 radical (unpaired) electrons. The molecule has 0 aliphatic heterocycles. The molecule has 0 aromatic carbocycles. The topological polar surface area (TPSA) is 102 Å². The number of allylic oxidation sites excluding steroid dienone is 1. The minimum Gasteiger partial charge on any atom is -0.467 e. The molecule has 0 heterocycles. The van der Waals surface area contributed by atoms with E-state index in [4.69, 9.17) is 21.4 Å². The van der Waals surface area contributed by atoms with Crippen LogP contribution >= 0.6 is 0 Å². The zero-order valence-electron chi connectivity index (χ0n) is 12.1. The Hall–Kier alpha value is -1.27. The van der Waals surface area contributed by atoms with Crippen LogP contribution in [0.1, 0.15) is 39.5 Å². The van der Waals surface area contributed by atoms with Crippen molar-refractivity contribution < 1.29 is 14.6 Å². The maximum Gasteiger partial charge on any atom is 0.330 e. The first kappa shape index (κ1) is 17.7. The average Bonchev–Trinajstić information content (AvgIpc) is 2.34. The number of aliphatic hydroxyl groups is 1. The molecule has 19 heavy (non-hydrogen) atoms. The van der Waals surface area contributed by atoms with Crippen LogP contribution in [0.5, 0.6) is 0 Å². The molecule has 0 rings (SSSR count). The van der Waals surface area contributed by atoms with Gasteiger partial charge in [-0.1, -0.05) is 20.3 Å². The summed E-state index contributed by atoms with van der Waals surface area (Å²) in [6.07, 6.45) is 4.86. The number of hydrogen-bond acceptors (Lipinski definition) is 6. The van der Waals surface area contributed by atoms with E-state index in [9.17, 15) is 4.79 Å². The van der Waals surface area contributed by atoms with Gasteiger partial charge in [-0.3, -0.25) is 0 Å². The van der Waals surface area contributed by atoms with Crippen molar-refractivity contribution in [3.8, 4) is 0 Å². The van der Waals surface area contributed by atoms with E-state index in [1.54, 1.807) is 6.20 Å². The number of ether oxygens (including phenoxy) is 1. The molecule has 0 amide bonds. The van der Waals surface area contributed by atoms with Crippen LogP contribution < -0.4 is 11.6 Å². The fourth-order valence-corrected chi connectivity index (χ4v) is 1.81. The molecule has 6 heteroatoms. The summed E-state index contributed by atoms with van der Waals surface area (Å²) in [5, 5.41) is 9.99. The Morgan fingerprint density at radius 1 is 1.37 bits per heavy atom. The second-order valence-corrected chi connectivity index (χ2v) is 4.90. The lowest BCUT2D eigenvalue weighted by Gasteiger charge is -2.27. The molecular weight excluding hydrogens is 246 g/mol. The summed E-state index contributed by atoms with van der Waals surface area (Å²) in [6, 6.07) is -0.541. The molecule has 0 saturated carbocycles. The van der Waals surface area contributed by atoms with Gasteiger partial charge in [0.15, 0.2) is 0 Å². The summed E-state index contributed by atoms with van der Waals surface area (Å²) in [4.78, 5) is 11.6. The molecule has 0 bridgehead atoms. The van der Waals surface area contributed by atoms with Crippen LogP contribution in [0.2, 0.25) is 0 Å². The Kier molecular flexibility index (Phi) is 8.99. The summed E-state index contributed by atoms with van der Waals surface area (Å²) in [5.41, 5.74) is 6.48. The van der Waals surface area contributed by atoms with Crippen LogP contribution in [0.25, 0.3) is 0 Å². The van der Waals surface area contributed by atoms with E-state index in [0.717, 1.165) is 19.3 Å². The highest BCUT2D eigenvalue weighted by atomic mass is 16.5. The third-order valence-corrected chi connectivity index (χ3v) is 2.83. The number of nitrogens with zero attached hydrogens (tertiary/aromatic N) is 1. The van der Waals surface area contributed by atoms with Crippen molar-refractivity contribution in [3.05, 3.63) is 11.9 Å². The SMILES string of the molecule is COC(=O)C(C(C)C)N(N)/C=C(\N)CCCCCO. The van der Waals surface area contributed by atoms with Crippen LogP contribution in [0, 0.1) is 5.92 Å². The van der Waals surface area contributed by atoms with Crippen LogP contribution in [0.15, 0.2) is 11.9 Å². The fraction of sp³-hybridized carbons (Fsp3) is 0.769. The lowest BCUT2D eigenvalue weighted by atomic mass is 10.0. The molecule has 5 N–H and O–H groups in total. The minimum absolute atomic E-state index is 0.0240. The van der Waals surface area contributed by atoms with Gasteiger partial charge < -0.3 is 20.6 Å². The first-order chi connectivity index (χ1) is 8.93. The monoisotopic (exact) mass is 273 g/mol. The summed E-state index contributed by atoms with van der Waals surface area (Å²) < 4.78 is 4.73. The van der Waals surface area contributed by atoms with Gasteiger partial charge in [-0.15, -0.1) is 0 Å². The molecule has 0 aromatic rings. The lowest BCUT2D eigenvalue weighted by molar-refractivity contribution is -0.147. The largest absolute Gasteiger partial charge is 0.467 e. The van der Waals surface area contributed by atoms with Crippen molar-refractivity contribution in [2.75, 3.05) is 13.7 Å². The Balaban J connectivity index is 4.43. The maximum atomic E-state index is 11.6. The lowest BCUT2D eigenvalue weighted by Crippen LogP contribution is -2.46. The van der Waals surface area contributed by atoms with E-state index >= 15 is 0 Å². The Labute approximate surface area is 115 Å². The molecule has 0 spiro atoms. The van der Waals surface area contributed by atoms with Crippen molar-refractivity contribution >= 4 is 5.97 Å².